The van der Waals surface area contributed by atoms with Crippen molar-refractivity contribution in [3.63, 3.8) is 0 Å². The number of anilines is 1. The zero-order chi connectivity index (χ0) is 29.5. The lowest BCUT2D eigenvalue weighted by Gasteiger charge is -2.25. The van der Waals surface area contributed by atoms with Gasteiger partial charge in [-0.2, -0.15) is 18.3 Å². The topological polar surface area (TPSA) is 120 Å². The smallest absolute Gasteiger partial charge is 0.475 e. The van der Waals surface area contributed by atoms with Crippen LogP contribution in [0.4, 0.5) is 18.9 Å². The molecule has 1 aliphatic carbocycles. The number of ether oxygens (including phenoxy) is 1. The second-order valence-electron chi connectivity index (χ2n) is 10.3. The third kappa shape index (κ3) is 5.42. The van der Waals surface area contributed by atoms with E-state index in [1.54, 1.807) is 11.3 Å². The minimum atomic E-state index is -5.08. The molecule has 2 aliphatic heterocycles. The zero-order valence-electron chi connectivity index (χ0n) is 22.1. The number of benzene rings is 2. The van der Waals surface area contributed by atoms with E-state index in [4.69, 9.17) is 19.6 Å². The Morgan fingerprint density at radius 2 is 1.95 bits per heavy atom. The van der Waals surface area contributed by atoms with Crippen LogP contribution in [0.15, 0.2) is 47.8 Å². The number of aliphatic carboxylic acids is 1. The summed E-state index contributed by atoms with van der Waals surface area (Å²) >= 11 is 1.69. The largest absolute Gasteiger partial charge is 0.490 e. The number of alkyl halides is 3. The molecule has 4 heterocycles. The number of carbonyl (C=O) groups excluding carboxylic acids is 1. The van der Waals surface area contributed by atoms with Crippen LogP contribution in [0.25, 0.3) is 23.1 Å². The molecule has 3 aliphatic rings. The van der Waals surface area contributed by atoms with Gasteiger partial charge in [-0.15, -0.1) is 11.3 Å². The normalized spacial score (nSPS) is 21.8. The number of nitrogens with zero attached hydrogens (tertiary/aromatic N) is 3. The number of aromatic nitrogens is 3. The zero-order valence-corrected chi connectivity index (χ0v) is 23.0. The molecule has 4 aromatic rings. The van der Waals surface area contributed by atoms with Gasteiger partial charge in [-0.05, 0) is 41.8 Å². The van der Waals surface area contributed by atoms with E-state index in [-0.39, 0.29) is 11.8 Å². The Hall–Kier alpha value is -4.07. The van der Waals surface area contributed by atoms with Crippen molar-refractivity contribution >= 4 is 52.0 Å². The second kappa shape index (κ2) is 11.0. The van der Waals surface area contributed by atoms with Crippen molar-refractivity contribution in [3.8, 4) is 0 Å². The highest BCUT2D eigenvalue weighted by Crippen LogP contribution is 2.65. The van der Waals surface area contributed by atoms with Crippen LogP contribution >= 0.6 is 11.3 Å². The van der Waals surface area contributed by atoms with Crippen molar-refractivity contribution in [2.45, 2.75) is 30.5 Å². The molecule has 1 spiro atoms. The van der Waals surface area contributed by atoms with Crippen LogP contribution < -0.4 is 5.32 Å². The Bertz CT molecular complexity index is 1680. The summed E-state index contributed by atoms with van der Waals surface area (Å²) in [5, 5.41) is 22.2. The molecule has 1 saturated heterocycles. The van der Waals surface area contributed by atoms with Crippen LogP contribution in [-0.2, 0) is 26.3 Å². The fraction of sp³-hybridized carbons (Fsp3) is 0.310. The van der Waals surface area contributed by atoms with Gasteiger partial charge < -0.3 is 15.2 Å². The number of carbonyl (C=O) groups is 2. The van der Waals surface area contributed by atoms with E-state index in [1.165, 1.54) is 5.56 Å². The van der Waals surface area contributed by atoms with Gasteiger partial charge in [0.25, 0.3) is 0 Å². The van der Waals surface area contributed by atoms with Gasteiger partial charge in [0, 0.05) is 35.5 Å². The maximum atomic E-state index is 12.8. The molecule has 0 bridgehead atoms. The first-order chi connectivity index (χ1) is 20.1. The highest BCUT2D eigenvalue weighted by molar-refractivity contribution is 7.09. The van der Waals surface area contributed by atoms with Crippen LogP contribution in [0, 0.1) is 0 Å². The van der Waals surface area contributed by atoms with Gasteiger partial charge >= 0.3 is 12.1 Å². The molecule has 3 N–H and O–H groups in total. The summed E-state index contributed by atoms with van der Waals surface area (Å²) in [6.45, 7) is 4.40. The highest BCUT2D eigenvalue weighted by atomic mass is 32.1. The number of nitrogens with one attached hydrogen (secondary N) is 2. The Labute approximate surface area is 242 Å². The van der Waals surface area contributed by atoms with Crippen LogP contribution in [0.3, 0.4) is 0 Å². The molecule has 1 saturated carbocycles. The number of thiazole rings is 1. The minimum absolute atomic E-state index is 0.119. The van der Waals surface area contributed by atoms with Crippen molar-refractivity contribution in [2.24, 2.45) is 0 Å². The molecular weight excluding hydrogens is 571 g/mol. The number of halogens is 3. The number of rotatable bonds is 5. The molecule has 42 heavy (non-hydrogen) atoms. The lowest BCUT2D eigenvalue weighted by molar-refractivity contribution is -0.192. The first kappa shape index (κ1) is 28.1. The summed E-state index contributed by atoms with van der Waals surface area (Å²) in [5.74, 6) is -2.45. The first-order valence-corrected chi connectivity index (χ1v) is 14.1. The number of hydrogen-bond acceptors (Lipinski definition) is 7. The van der Waals surface area contributed by atoms with Gasteiger partial charge in [-0.25, -0.2) is 9.78 Å². The van der Waals surface area contributed by atoms with Crippen molar-refractivity contribution in [1.29, 1.82) is 0 Å². The number of carboxylic acids is 1. The van der Waals surface area contributed by atoms with Crippen molar-refractivity contribution in [3.05, 3.63) is 75.4 Å². The Kier molecular flexibility index (Phi) is 7.33. The number of morpholine rings is 1. The average Bonchev–Trinajstić information content (AvgIpc) is 3.19. The Morgan fingerprint density at radius 1 is 1.19 bits per heavy atom. The van der Waals surface area contributed by atoms with Crippen LogP contribution in [0.5, 0.6) is 0 Å². The monoisotopic (exact) mass is 597 g/mol. The van der Waals surface area contributed by atoms with E-state index in [1.807, 2.05) is 30.4 Å². The first-order valence-electron chi connectivity index (χ1n) is 13.3. The average molecular weight is 598 g/mol. The fourth-order valence-corrected chi connectivity index (χ4v) is 6.35. The van der Waals surface area contributed by atoms with Crippen LogP contribution in [-0.4, -0.2) is 69.5 Å². The molecule has 2 fully saturated rings. The van der Waals surface area contributed by atoms with Gasteiger partial charge in [0.05, 0.1) is 42.1 Å². The highest BCUT2D eigenvalue weighted by Gasteiger charge is 2.65. The molecule has 218 valence electrons. The molecular formula is C29H26F3N5O4S. The van der Waals surface area contributed by atoms with Crippen molar-refractivity contribution in [2.75, 3.05) is 31.6 Å². The molecule has 2 aromatic heterocycles. The molecule has 0 radical (unpaired) electrons. The summed E-state index contributed by atoms with van der Waals surface area (Å²) < 4.78 is 37.2. The Balaban J connectivity index is 0.000000405. The number of aromatic amines is 1. The lowest BCUT2D eigenvalue weighted by Crippen LogP contribution is -2.35. The standard InChI is InChI=1S/C27H25N5O2S.C2HF3O2/c33-26-27(20-3-1-2-4-23(20)29-26)14-21(27)17-5-7-19-22(30-31-24(19)13-17)8-6-18-16-35-25(28-18)15-32-9-11-34-12-10-32;3-2(4,5)1(6)7/h1-8,13,16,21H,9-12,14-15H2,(H,29,33)(H,30,31);(H,6,7)/b8-6+;/t21-,27-;/m0./s1. The fourth-order valence-electron chi connectivity index (χ4n) is 5.54. The van der Waals surface area contributed by atoms with Gasteiger partial charge in [0.2, 0.25) is 5.91 Å². The molecule has 9 nitrogen and oxygen atoms in total. The quantitative estimate of drug-likeness (QED) is 0.295. The number of H-pyrrole nitrogens is 1. The van der Waals surface area contributed by atoms with E-state index in [0.717, 1.165) is 77.8 Å². The van der Waals surface area contributed by atoms with E-state index in [2.05, 4.69) is 50.1 Å². The lowest BCUT2D eigenvalue weighted by atomic mass is 9.92. The minimum Gasteiger partial charge on any atom is -0.475 e. The maximum absolute atomic E-state index is 12.8. The molecule has 2 aromatic carbocycles. The summed E-state index contributed by atoms with van der Waals surface area (Å²) in [7, 11) is 0. The summed E-state index contributed by atoms with van der Waals surface area (Å²) in [5.41, 5.74) is 5.67. The Morgan fingerprint density at radius 3 is 2.71 bits per heavy atom. The third-order valence-electron chi connectivity index (χ3n) is 7.73. The third-order valence-corrected chi connectivity index (χ3v) is 8.58. The van der Waals surface area contributed by atoms with E-state index in [0.29, 0.717) is 0 Å². The molecule has 1 amide bonds. The number of carboxylic acid groups (broad SMARTS) is 1. The van der Waals surface area contributed by atoms with Gasteiger partial charge in [0.15, 0.2) is 0 Å². The van der Waals surface area contributed by atoms with E-state index < -0.39 is 17.6 Å². The number of hydrogen-bond donors (Lipinski definition) is 3. The predicted molar refractivity (Wildman–Crippen MR) is 151 cm³/mol. The van der Waals surface area contributed by atoms with E-state index >= 15 is 0 Å². The van der Waals surface area contributed by atoms with Crippen molar-refractivity contribution < 1.29 is 32.6 Å². The summed E-state index contributed by atoms with van der Waals surface area (Å²) in [6.07, 6.45) is -0.192. The SMILES string of the molecule is O=C(O)C(F)(F)F.O=C1Nc2ccccc2[C@]12C[C@H]2c1ccc2c(/C=C/c3csc(CN4CCOCC4)n3)n[nH]c2c1. The molecule has 13 heteroatoms. The summed E-state index contributed by atoms with van der Waals surface area (Å²) in [6, 6.07) is 14.5. The predicted octanol–water partition coefficient (Wildman–Crippen LogP) is 5.03. The number of amides is 1. The van der Waals surface area contributed by atoms with Gasteiger partial charge in [-0.3, -0.25) is 14.8 Å². The second-order valence-corrected chi connectivity index (χ2v) is 11.3. The maximum Gasteiger partial charge on any atom is 0.490 e. The molecule has 0 unspecified atom stereocenters. The number of para-hydroxylation sites is 1. The van der Waals surface area contributed by atoms with Crippen molar-refractivity contribution in [1.82, 2.24) is 20.1 Å². The summed E-state index contributed by atoms with van der Waals surface area (Å²) in [4.78, 5) is 28.9. The molecule has 7 rings (SSSR count). The number of fused-ring (bicyclic) bond motifs is 3. The van der Waals surface area contributed by atoms with Gasteiger partial charge in [0.1, 0.15) is 5.01 Å². The van der Waals surface area contributed by atoms with E-state index in [9.17, 15) is 18.0 Å². The van der Waals surface area contributed by atoms with Crippen LogP contribution in [0.2, 0.25) is 0 Å². The van der Waals surface area contributed by atoms with Crippen LogP contribution in [0.1, 0.15) is 39.9 Å². The van der Waals surface area contributed by atoms with Gasteiger partial charge in [-0.1, -0.05) is 30.3 Å². The molecule has 2 atom stereocenters.